The summed E-state index contributed by atoms with van der Waals surface area (Å²) in [7, 11) is -3.39. The Balaban J connectivity index is 1.07. The Hall–Kier alpha value is -2.56. The van der Waals surface area contributed by atoms with Crippen LogP contribution in [0, 0.1) is 6.92 Å². The van der Waals surface area contributed by atoms with E-state index in [2.05, 4.69) is 50.7 Å². The monoisotopic (exact) mass is 499 g/mol. The van der Waals surface area contributed by atoms with Gasteiger partial charge in [-0.25, -0.2) is 8.42 Å². The van der Waals surface area contributed by atoms with E-state index in [-0.39, 0.29) is 11.7 Å². The number of nitrogens with zero attached hydrogens (tertiary/aromatic N) is 4. The van der Waals surface area contributed by atoms with Crippen molar-refractivity contribution in [3.05, 3.63) is 53.6 Å². The molecule has 1 fully saturated rings. The zero-order valence-corrected chi connectivity index (χ0v) is 20.9. The SMILES string of the molecule is Cc1cccc(N2CCN(CCCNC(=O)c3ccc4c(c3)SC3=NS(=O)(=O)CCN34)CC2)c1. The molecule has 0 atom stereocenters. The number of hydrogen-bond donors (Lipinski definition) is 1. The molecule has 1 amide bonds. The quantitative estimate of drug-likeness (QED) is 0.612. The molecule has 0 radical (unpaired) electrons. The number of piperazine rings is 1. The summed E-state index contributed by atoms with van der Waals surface area (Å²) in [6, 6.07) is 14.2. The average Bonchev–Trinajstić information content (AvgIpc) is 3.17. The van der Waals surface area contributed by atoms with Crippen LogP contribution in [0.4, 0.5) is 11.4 Å². The first kappa shape index (κ1) is 23.2. The van der Waals surface area contributed by atoms with Crippen LogP contribution in [0.2, 0.25) is 0 Å². The fourth-order valence-corrected chi connectivity index (χ4v) is 6.83. The van der Waals surface area contributed by atoms with E-state index in [0.29, 0.717) is 23.8 Å². The third-order valence-electron chi connectivity index (χ3n) is 6.41. The van der Waals surface area contributed by atoms with Gasteiger partial charge in [-0.05, 0) is 67.5 Å². The van der Waals surface area contributed by atoms with Crippen molar-refractivity contribution < 1.29 is 13.2 Å². The van der Waals surface area contributed by atoms with Gasteiger partial charge in [-0.3, -0.25) is 9.69 Å². The predicted octanol–water partition coefficient (Wildman–Crippen LogP) is 2.55. The van der Waals surface area contributed by atoms with Crippen molar-refractivity contribution in [2.75, 3.05) is 61.4 Å². The van der Waals surface area contributed by atoms with Crippen molar-refractivity contribution in [2.45, 2.75) is 18.2 Å². The van der Waals surface area contributed by atoms with Crippen LogP contribution in [-0.2, 0) is 10.0 Å². The highest BCUT2D eigenvalue weighted by atomic mass is 32.2. The standard InChI is InChI=1S/C24H29N5O3S2/c1-18-4-2-5-20(16-18)28-12-10-27(11-13-28)9-3-8-25-23(30)19-6-7-21-22(17-19)33-24-26-34(31,32)15-14-29(21)24/h2,4-7,16-17H,3,8-15H2,1H3,(H,25,30). The molecular formula is C24H29N5O3S2. The third-order valence-corrected chi connectivity index (χ3v) is 8.72. The zero-order valence-electron chi connectivity index (χ0n) is 19.2. The molecule has 0 aliphatic carbocycles. The van der Waals surface area contributed by atoms with Crippen molar-refractivity contribution in [3.63, 3.8) is 0 Å². The number of amidine groups is 1. The largest absolute Gasteiger partial charge is 0.369 e. The lowest BCUT2D eigenvalue weighted by molar-refractivity contribution is 0.0951. The van der Waals surface area contributed by atoms with E-state index < -0.39 is 10.0 Å². The minimum atomic E-state index is -3.39. The number of rotatable bonds is 6. The van der Waals surface area contributed by atoms with Crippen LogP contribution in [0.1, 0.15) is 22.3 Å². The van der Waals surface area contributed by atoms with E-state index in [1.165, 1.54) is 23.0 Å². The second kappa shape index (κ2) is 9.59. The second-order valence-electron chi connectivity index (χ2n) is 8.87. The number of carbonyl (C=O) groups is 1. The van der Waals surface area contributed by atoms with Crippen molar-refractivity contribution in [2.24, 2.45) is 4.40 Å². The number of sulfonamides is 1. The molecule has 0 unspecified atom stereocenters. The highest BCUT2D eigenvalue weighted by Gasteiger charge is 2.33. The summed E-state index contributed by atoms with van der Waals surface area (Å²) >= 11 is 1.31. The first-order valence-corrected chi connectivity index (χ1v) is 14.0. The predicted molar refractivity (Wildman–Crippen MR) is 138 cm³/mol. The topological polar surface area (TPSA) is 85.3 Å². The molecule has 3 aliphatic heterocycles. The molecule has 2 aromatic carbocycles. The van der Waals surface area contributed by atoms with Crippen LogP contribution < -0.4 is 15.1 Å². The summed E-state index contributed by atoms with van der Waals surface area (Å²) in [6.07, 6.45) is 0.901. The summed E-state index contributed by atoms with van der Waals surface area (Å²) in [5.74, 6) is -0.0909. The Bertz CT molecular complexity index is 1220. The fourth-order valence-electron chi connectivity index (χ4n) is 4.53. The van der Waals surface area contributed by atoms with Crippen molar-refractivity contribution in [1.29, 1.82) is 0 Å². The Morgan fingerprint density at radius 1 is 1.09 bits per heavy atom. The van der Waals surface area contributed by atoms with Gasteiger partial charge >= 0.3 is 0 Å². The smallest absolute Gasteiger partial charge is 0.257 e. The van der Waals surface area contributed by atoms with E-state index in [4.69, 9.17) is 0 Å². The van der Waals surface area contributed by atoms with Gasteiger partial charge in [0.1, 0.15) is 0 Å². The number of fused-ring (bicyclic) bond motifs is 3. The van der Waals surface area contributed by atoms with Crippen LogP contribution in [0.25, 0.3) is 0 Å². The van der Waals surface area contributed by atoms with Gasteiger partial charge in [0.05, 0.1) is 11.4 Å². The maximum atomic E-state index is 12.7. The number of anilines is 2. The second-order valence-corrected chi connectivity index (χ2v) is 11.6. The molecule has 8 nitrogen and oxygen atoms in total. The number of aryl methyl sites for hydroxylation is 1. The fraction of sp³-hybridized carbons (Fsp3) is 0.417. The summed E-state index contributed by atoms with van der Waals surface area (Å²) in [5.41, 5.74) is 4.08. The van der Waals surface area contributed by atoms with Gasteiger partial charge in [-0.15, -0.1) is 4.40 Å². The molecule has 10 heteroatoms. The Morgan fingerprint density at radius 3 is 2.71 bits per heavy atom. The molecule has 180 valence electrons. The van der Waals surface area contributed by atoms with Crippen LogP contribution in [-0.4, -0.2) is 76.0 Å². The Kier molecular flexibility index (Phi) is 6.54. The van der Waals surface area contributed by atoms with E-state index >= 15 is 0 Å². The van der Waals surface area contributed by atoms with Gasteiger partial charge in [0, 0.05) is 55.4 Å². The van der Waals surface area contributed by atoms with Crippen LogP contribution in [0.3, 0.4) is 0 Å². The summed E-state index contributed by atoms with van der Waals surface area (Å²) in [5, 5.41) is 3.49. The number of hydrogen-bond acceptors (Lipinski definition) is 7. The third kappa shape index (κ3) is 5.08. The highest BCUT2D eigenvalue weighted by molar-refractivity contribution is 8.15. The number of benzene rings is 2. The molecule has 1 saturated heterocycles. The lowest BCUT2D eigenvalue weighted by Crippen LogP contribution is -2.47. The van der Waals surface area contributed by atoms with E-state index in [1.807, 2.05) is 17.0 Å². The van der Waals surface area contributed by atoms with E-state index in [1.54, 1.807) is 6.07 Å². The molecule has 0 saturated carbocycles. The molecular weight excluding hydrogens is 470 g/mol. The number of nitrogens with one attached hydrogen (secondary N) is 1. The molecule has 0 bridgehead atoms. The molecule has 2 aromatic rings. The lowest BCUT2D eigenvalue weighted by atomic mass is 10.1. The zero-order chi connectivity index (χ0) is 23.7. The van der Waals surface area contributed by atoms with Crippen LogP contribution in [0.5, 0.6) is 0 Å². The van der Waals surface area contributed by atoms with E-state index in [9.17, 15) is 13.2 Å². The molecule has 34 heavy (non-hydrogen) atoms. The average molecular weight is 500 g/mol. The molecule has 3 aliphatic rings. The van der Waals surface area contributed by atoms with Gasteiger partial charge < -0.3 is 15.1 Å². The maximum absolute atomic E-state index is 12.7. The number of carbonyl (C=O) groups excluding carboxylic acids is 1. The summed E-state index contributed by atoms with van der Waals surface area (Å²) in [4.78, 5) is 20.3. The number of amides is 1. The first-order valence-electron chi connectivity index (χ1n) is 11.6. The van der Waals surface area contributed by atoms with Gasteiger partial charge in [0.15, 0.2) is 5.17 Å². The molecule has 0 spiro atoms. The molecule has 3 heterocycles. The first-order chi connectivity index (χ1) is 16.4. The van der Waals surface area contributed by atoms with Gasteiger partial charge in [0.25, 0.3) is 15.9 Å². The molecule has 1 N–H and O–H groups in total. The number of thioether (sulfide) groups is 1. The molecule has 5 rings (SSSR count). The minimum Gasteiger partial charge on any atom is -0.369 e. The normalized spacial score (nSPS) is 19.4. The maximum Gasteiger partial charge on any atom is 0.257 e. The van der Waals surface area contributed by atoms with Gasteiger partial charge in [0.2, 0.25) is 0 Å². The summed E-state index contributed by atoms with van der Waals surface area (Å²) < 4.78 is 27.4. The minimum absolute atomic E-state index is 0.0136. The van der Waals surface area contributed by atoms with Crippen molar-refractivity contribution in [3.8, 4) is 0 Å². The summed E-state index contributed by atoms with van der Waals surface area (Å²) in [6.45, 7) is 8.20. The van der Waals surface area contributed by atoms with Crippen molar-refractivity contribution >= 4 is 44.2 Å². The van der Waals surface area contributed by atoms with Gasteiger partial charge in [-0.2, -0.15) is 0 Å². The van der Waals surface area contributed by atoms with E-state index in [0.717, 1.165) is 49.7 Å². The van der Waals surface area contributed by atoms with Crippen molar-refractivity contribution in [1.82, 2.24) is 10.2 Å². The molecule has 0 aromatic heterocycles. The van der Waals surface area contributed by atoms with Gasteiger partial charge in [-0.1, -0.05) is 12.1 Å². The lowest BCUT2D eigenvalue weighted by Gasteiger charge is -2.36. The Morgan fingerprint density at radius 2 is 1.91 bits per heavy atom. The van der Waals surface area contributed by atoms with Crippen LogP contribution >= 0.6 is 11.8 Å². The Labute approximate surface area is 205 Å². The van der Waals surface area contributed by atoms with Crippen LogP contribution in [0.15, 0.2) is 51.8 Å². The highest BCUT2D eigenvalue weighted by Crippen LogP contribution is 2.42.